The number of anilines is 1. The lowest BCUT2D eigenvalue weighted by Crippen LogP contribution is -2.53. The van der Waals surface area contributed by atoms with Gasteiger partial charge in [0.05, 0.1) is 11.6 Å². The Morgan fingerprint density at radius 3 is 2.55 bits per heavy atom. The Bertz CT molecular complexity index is 1030. The van der Waals surface area contributed by atoms with Gasteiger partial charge in [0.1, 0.15) is 12.1 Å². The van der Waals surface area contributed by atoms with E-state index in [1.165, 1.54) is 6.07 Å². The molecule has 2 heterocycles. The standard InChI is InChI=1S/C21H21F2N5O/c22-16-6-5-14(11-17(16)23)12-18(24)21(29)28-9-7-27(8-10-28)20-15-3-1-2-4-19(15)25-13-26-20/h1-6,11,13,18H,7-10,12,24H2/t18-/m1/s1. The monoisotopic (exact) mass is 397 g/mol. The molecule has 1 atom stereocenters. The number of nitrogens with zero attached hydrogens (tertiary/aromatic N) is 4. The van der Waals surface area contributed by atoms with E-state index >= 15 is 0 Å². The van der Waals surface area contributed by atoms with Crippen molar-refractivity contribution in [1.29, 1.82) is 0 Å². The van der Waals surface area contributed by atoms with Gasteiger partial charge >= 0.3 is 0 Å². The minimum atomic E-state index is -0.937. The Hall–Kier alpha value is -3.13. The predicted molar refractivity (Wildman–Crippen MR) is 106 cm³/mol. The highest BCUT2D eigenvalue weighted by atomic mass is 19.2. The third-order valence-corrected chi connectivity index (χ3v) is 5.17. The number of nitrogens with two attached hydrogens (primary N) is 1. The van der Waals surface area contributed by atoms with Gasteiger partial charge in [-0.15, -0.1) is 0 Å². The fourth-order valence-corrected chi connectivity index (χ4v) is 3.62. The van der Waals surface area contributed by atoms with Gasteiger partial charge in [-0.2, -0.15) is 0 Å². The van der Waals surface area contributed by atoms with Gasteiger partial charge in [0.25, 0.3) is 0 Å². The van der Waals surface area contributed by atoms with E-state index in [0.29, 0.717) is 31.7 Å². The van der Waals surface area contributed by atoms with Crippen LogP contribution in [0.25, 0.3) is 10.9 Å². The van der Waals surface area contributed by atoms with Crippen molar-refractivity contribution in [1.82, 2.24) is 14.9 Å². The fourth-order valence-electron chi connectivity index (χ4n) is 3.62. The molecule has 3 aromatic rings. The average molecular weight is 397 g/mol. The largest absolute Gasteiger partial charge is 0.352 e. The van der Waals surface area contributed by atoms with E-state index < -0.39 is 17.7 Å². The zero-order valence-corrected chi connectivity index (χ0v) is 15.8. The lowest BCUT2D eigenvalue weighted by Gasteiger charge is -2.36. The highest BCUT2D eigenvalue weighted by molar-refractivity contribution is 5.89. The highest BCUT2D eigenvalue weighted by Crippen LogP contribution is 2.23. The fraction of sp³-hybridized carbons (Fsp3) is 0.286. The van der Waals surface area contributed by atoms with Crippen molar-refractivity contribution in [2.75, 3.05) is 31.1 Å². The molecular formula is C21H21F2N5O. The molecule has 1 saturated heterocycles. The summed E-state index contributed by atoms with van der Waals surface area (Å²) in [5, 5.41) is 0.977. The molecule has 0 unspecified atom stereocenters. The van der Waals surface area contributed by atoms with Crippen molar-refractivity contribution >= 4 is 22.6 Å². The Labute approximate surface area is 167 Å². The molecule has 1 fully saturated rings. The van der Waals surface area contributed by atoms with Crippen molar-refractivity contribution in [3.8, 4) is 0 Å². The summed E-state index contributed by atoms with van der Waals surface area (Å²) in [6.07, 6.45) is 1.71. The summed E-state index contributed by atoms with van der Waals surface area (Å²) in [7, 11) is 0. The molecule has 0 radical (unpaired) electrons. The summed E-state index contributed by atoms with van der Waals surface area (Å²) < 4.78 is 26.4. The Morgan fingerprint density at radius 1 is 1.03 bits per heavy atom. The second-order valence-electron chi connectivity index (χ2n) is 7.09. The number of fused-ring (bicyclic) bond motifs is 1. The topological polar surface area (TPSA) is 75.4 Å². The summed E-state index contributed by atoms with van der Waals surface area (Å²) >= 11 is 0. The van der Waals surface area contributed by atoms with E-state index in [9.17, 15) is 13.6 Å². The van der Waals surface area contributed by atoms with E-state index in [2.05, 4.69) is 14.9 Å². The molecule has 0 aliphatic carbocycles. The molecule has 1 amide bonds. The summed E-state index contributed by atoms with van der Waals surface area (Å²) in [4.78, 5) is 25.3. The zero-order valence-electron chi connectivity index (χ0n) is 15.8. The molecule has 1 aliphatic rings. The van der Waals surface area contributed by atoms with Crippen molar-refractivity contribution in [3.05, 3.63) is 66.0 Å². The Kier molecular flexibility index (Phi) is 5.35. The lowest BCUT2D eigenvalue weighted by molar-refractivity contribution is -0.132. The minimum absolute atomic E-state index is 0.160. The first-order chi connectivity index (χ1) is 14.0. The quantitative estimate of drug-likeness (QED) is 0.730. The van der Waals surface area contributed by atoms with Crippen molar-refractivity contribution < 1.29 is 13.6 Å². The van der Waals surface area contributed by atoms with Gasteiger partial charge in [0.15, 0.2) is 11.6 Å². The predicted octanol–water partition coefficient (Wildman–Crippen LogP) is 2.13. The maximum atomic E-state index is 13.4. The molecule has 4 rings (SSSR count). The molecule has 0 bridgehead atoms. The normalized spacial score (nSPS) is 15.6. The molecular weight excluding hydrogens is 376 g/mol. The van der Waals surface area contributed by atoms with Crippen LogP contribution < -0.4 is 10.6 Å². The van der Waals surface area contributed by atoms with Gasteiger partial charge < -0.3 is 15.5 Å². The number of para-hydroxylation sites is 1. The third kappa shape index (κ3) is 4.02. The first kappa shape index (κ1) is 19.2. The smallest absolute Gasteiger partial charge is 0.239 e. The van der Waals surface area contributed by atoms with E-state index in [1.807, 2.05) is 24.3 Å². The van der Waals surface area contributed by atoms with Crippen LogP contribution in [0.5, 0.6) is 0 Å². The molecule has 2 N–H and O–H groups in total. The van der Waals surface area contributed by atoms with Gasteiger partial charge in [-0.3, -0.25) is 4.79 Å². The number of amides is 1. The van der Waals surface area contributed by atoms with Crippen LogP contribution in [-0.4, -0.2) is 53.0 Å². The number of benzene rings is 2. The Balaban J connectivity index is 1.39. The molecule has 2 aromatic carbocycles. The summed E-state index contributed by atoms with van der Waals surface area (Å²) in [6, 6.07) is 10.6. The molecule has 1 aromatic heterocycles. The van der Waals surface area contributed by atoms with Crippen LogP contribution in [0.2, 0.25) is 0 Å². The summed E-state index contributed by atoms with van der Waals surface area (Å²) in [5.41, 5.74) is 7.42. The van der Waals surface area contributed by atoms with Gasteiger partial charge in [0.2, 0.25) is 5.91 Å². The second-order valence-corrected chi connectivity index (χ2v) is 7.09. The van der Waals surface area contributed by atoms with Crippen molar-refractivity contribution in [2.24, 2.45) is 5.73 Å². The maximum absolute atomic E-state index is 13.4. The molecule has 6 nitrogen and oxygen atoms in total. The number of hydrogen-bond acceptors (Lipinski definition) is 5. The number of aromatic nitrogens is 2. The first-order valence-electron chi connectivity index (χ1n) is 9.46. The van der Waals surface area contributed by atoms with Crippen LogP contribution in [0.4, 0.5) is 14.6 Å². The van der Waals surface area contributed by atoms with Crippen molar-refractivity contribution in [2.45, 2.75) is 12.5 Å². The average Bonchev–Trinajstić information content (AvgIpc) is 2.75. The minimum Gasteiger partial charge on any atom is -0.352 e. The number of rotatable bonds is 4. The van der Waals surface area contributed by atoms with E-state index in [0.717, 1.165) is 28.9 Å². The first-order valence-corrected chi connectivity index (χ1v) is 9.46. The highest BCUT2D eigenvalue weighted by Gasteiger charge is 2.26. The lowest BCUT2D eigenvalue weighted by atomic mass is 10.0. The number of carbonyl (C=O) groups is 1. The number of piperazine rings is 1. The van der Waals surface area contributed by atoms with Gasteiger partial charge in [0, 0.05) is 31.6 Å². The second kappa shape index (κ2) is 8.08. The van der Waals surface area contributed by atoms with Crippen LogP contribution in [0.3, 0.4) is 0 Å². The SMILES string of the molecule is N[C@H](Cc1ccc(F)c(F)c1)C(=O)N1CCN(c2ncnc3ccccc23)CC1. The molecule has 29 heavy (non-hydrogen) atoms. The van der Waals surface area contributed by atoms with Crippen LogP contribution in [-0.2, 0) is 11.2 Å². The van der Waals surface area contributed by atoms with Crippen LogP contribution in [0.15, 0.2) is 48.8 Å². The van der Waals surface area contributed by atoms with Gasteiger partial charge in [-0.05, 0) is 36.2 Å². The molecule has 0 saturated carbocycles. The van der Waals surface area contributed by atoms with Gasteiger partial charge in [-0.1, -0.05) is 18.2 Å². The summed E-state index contributed by atoms with van der Waals surface area (Å²) in [5.74, 6) is -1.19. The molecule has 0 spiro atoms. The number of hydrogen-bond donors (Lipinski definition) is 1. The summed E-state index contributed by atoms with van der Waals surface area (Å²) in [6.45, 7) is 2.29. The number of carbonyl (C=O) groups excluding carboxylic acids is 1. The van der Waals surface area contributed by atoms with E-state index in [-0.39, 0.29) is 12.3 Å². The number of halogens is 2. The maximum Gasteiger partial charge on any atom is 0.239 e. The van der Waals surface area contributed by atoms with Crippen molar-refractivity contribution in [3.63, 3.8) is 0 Å². The Morgan fingerprint density at radius 2 is 1.79 bits per heavy atom. The van der Waals surface area contributed by atoms with Gasteiger partial charge in [-0.25, -0.2) is 18.7 Å². The zero-order chi connectivity index (χ0) is 20.4. The molecule has 1 aliphatic heterocycles. The molecule has 8 heteroatoms. The third-order valence-electron chi connectivity index (χ3n) is 5.17. The van der Waals surface area contributed by atoms with Crippen LogP contribution in [0.1, 0.15) is 5.56 Å². The van der Waals surface area contributed by atoms with Crippen LogP contribution in [0, 0.1) is 11.6 Å². The van der Waals surface area contributed by atoms with Crippen LogP contribution >= 0.6 is 0 Å². The van der Waals surface area contributed by atoms with E-state index in [1.54, 1.807) is 11.2 Å². The molecule has 150 valence electrons. The van der Waals surface area contributed by atoms with E-state index in [4.69, 9.17) is 5.73 Å².